The van der Waals surface area contributed by atoms with Gasteiger partial charge in [0, 0.05) is 69.7 Å². The summed E-state index contributed by atoms with van der Waals surface area (Å²) in [6.45, 7) is 18.5. The summed E-state index contributed by atoms with van der Waals surface area (Å²) in [6, 6.07) is 0. The van der Waals surface area contributed by atoms with E-state index in [1.54, 1.807) is 0 Å². The summed E-state index contributed by atoms with van der Waals surface area (Å²) in [4.78, 5) is 11.0. The average molecular weight is 842 g/mol. The number of carboxylic acid groups (broad SMARTS) is 1. The molecule has 0 aliphatic carbocycles. The van der Waals surface area contributed by atoms with E-state index in [-0.39, 0.29) is 60.8 Å². The van der Waals surface area contributed by atoms with E-state index < -0.39 is 53.2 Å². The molecule has 13 nitrogen and oxygen atoms in total. The van der Waals surface area contributed by atoms with Gasteiger partial charge in [-0.2, -0.15) is 0 Å². The molecule has 9 rings (SSSR count). The average Bonchev–Trinajstić information content (AvgIpc) is 3.87. The van der Waals surface area contributed by atoms with Crippen molar-refractivity contribution in [2.24, 2.45) is 35.5 Å². The van der Waals surface area contributed by atoms with Crippen LogP contribution in [0.5, 0.6) is 0 Å². The van der Waals surface area contributed by atoms with Gasteiger partial charge in [-0.05, 0) is 61.3 Å². The van der Waals surface area contributed by atoms with Gasteiger partial charge in [-0.1, -0.05) is 72.4 Å². The first-order valence-corrected chi connectivity index (χ1v) is 23.2. The van der Waals surface area contributed by atoms with Crippen molar-refractivity contribution in [2.45, 2.75) is 209 Å². The van der Waals surface area contributed by atoms with E-state index in [2.05, 4.69) is 52.6 Å². The predicted octanol–water partition coefficient (Wildman–Crippen LogP) is 6.26. The Kier molecular flexibility index (Phi) is 11.6. The lowest BCUT2D eigenvalue weighted by Crippen LogP contribution is -2.62. The molecule has 9 aliphatic heterocycles. The molecular formula is C47H71NO12. The smallest absolute Gasteiger partial charge is 0.303 e. The lowest BCUT2D eigenvalue weighted by atomic mass is 9.76. The zero-order valence-electron chi connectivity index (χ0n) is 36.6. The first-order valence-electron chi connectivity index (χ1n) is 23.2. The maximum Gasteiger partial charge on any atom is 0.303 e. The summed E-state index contributed by atoms with van der Waals surface area (Å²) in [6.07, 6.45) is 12.1. The minimum absolute atomic E-state index is 0.0112. The van der Waals surface area contributed by atoms with Gasteiger partial charge in [0.05, 0.1) is 42.7 Å². The van der Waals surface area contributed by atoms with Gasteiger partial charge in [0.15, 0.2) is 23.1 Å². The SMILES string of the molecule is C=C(C[C@@]12C[C@@H](C)C[C@H](O1)[C@H]1O[C@]3(C[C@H]1O2)NC[C@H](C)C[C@@H]3C)[C@H]1O[C@@](O)([C@@H](O)[C@H]2C[C@@H]3O[C@]4(CC[C@@]5(CC=C[C@H](/C=C/CCC(=O)O)O5)O4)[C@@H](C)C[C@@H]3O2)[C@H](C)C[C@@H]1C. The second-order valence-corrected chi connectivity index (χ2v) is 20.9. The van der Waals surface area contributed by atoms with Crippen LogP contribution in [0.4, 0.5) is 0 Å². The monoisotopic (exact) mass is 841 g/mol. The van der Waals surface area contributed by atoms with Crippen LogP contribution in [0.3, 0.4) is 0 Å². The third-order valence-electron chi connectivity index (χ3n) is 15.9. The Labute approximate surface area is 355 Å². The number of aliphatic hydroxyl groups is 2. The van der Waals surface area contributed by atoms with Crippen LogP contribution in [0.15, 0.2) is 36.5 Å². The number of ether oxygens (including phenoxy) is 8. The van der Waals surface area contributed by atoms with Crippen LogP contribution in [0.25, 0.3) is 0 Å². The number of hydrogen-bond donors (Lipinski definition) is 4. The van der Waals surface area contributed by atoms with E-state index >= 15 is 0 Å². The topological polar surface area (TPSA) is 164 Å². The van der Waals surface area contributed by atoms with Gasteiger partial charge in [0.1, 0.15) is 17.9 Å². The van der Waals surface area contributed by atoms with Crippen LogP contribution in [-0.2, 0) is 42.7 Å². The molecule has 336 valence electrons. The summed E-state index contributed by atoms with van der Waals surface area (Å²) in [7, 11) is 0. The molecule has 0 aromatic rings. The summed E-state index contributed by atoms with van der Waals surface area (Å²) in [5, 5.41) is 37.3. The second kappa shape index (κ2) is 16.0. The molecule has 13 heteroatoms. The molecule has 0 amide bonds. The van der Waals surface area contributed by atoms with Crippen LogP contribution in [0, 0.1) is 35.5 Å². The molecule has 9 aliphatic rings. The van der Waals surface area contributed by atoms with E-state index in [0.717, 1.165) is 37.8 Å². The lowest BCUT2D eigenvalue weighted by molar-refractivity contribution is -0.367. The van der Waals surface area contributed by atoms with E-state index in [1.165, 1.54) is 0 Å². The van der Waals surface area contributed by atoms with E-state index in [1.807, 2.05) is 25.2 Å². The number of carbonyl (C=O) groups is 1. The lowest BCUT2D eigenvalue weighted by Gasteiger charge is -2.53. The van der Waals surface area contributed by atoms with Crippen molar-refractivity contribution >= 4 is 5.97 Å². The Morgan fingerprint density at radius 3 is 2.45 bits per heavy atom. The number of allylic oxidation sites excluding steroid dienone is 1. The molecule has 20 atom stereocenters. The molecule has 8 fully saturated rings. The minimum Gasteiger partial charge on any atom is -0.481 e. The van der Waals surface area contributed by atoms with Gasteiger partial charge in [0.25, 0.3) is 0 Å². The van der Waals surface area contributed by atoms with Crippen molar-refractivity contribution in [3.63, 3.8) is 0 Å². The number of nitrogens with one attached hydrogen (secondary N) is 1. The van der Waals surface area contributed by atoms with E-state index in [4.69, 9.17) is 43.0 Å². The van der Waals surface area contributed by atoms with Gasteiger partial charge in [-0.25, -0.2) is 0 Å². The zero-order chi connectivity index (χ0) is 42.4. The van der Waals surface area contributed by atoms with Gasteiger partial charge < -0.3 is 53.2 Å². The number of piperidine rings is 1. The van der Waals surface area contributed by atoms with E-state index in [0.29, 0.717) is 69.1 Å². The van der Waals surface area contributed by atoms with Gasteiger partial charge in [-0.15, -0.1) is 0 Å². The molecule has 3 spiro atoms. The molecule has 4 N–H and O–H groups in total. The van der Waals surface area contributed by atoms with E-state index in [9.17, 15) is 15.0 Å². The van der Waals surface area contributed by atoms with Crippen molar-refractivity contribution in [2.75, 3.05) is 6.54 Å². The largest absolute Gasteiger partial charge is 0.481 e. The van der Waals surface area contributed by atoms with Crippen molar-refractivity contribution < 1.29 is 58.0 Å². The van der Waals surface area contributed by atoms with Crippen LogP contribution in [-0.4, -0.2) is 112 Å². The highest BCUT2D eigenvalue weighted by Crippen LogP contribution is 2.56. The highest BCUT2D eigenvalue weighted by atomic mass is 16.8. The molecule has 0 saturated carbocycles. The third kappa shape index (κ3) is 7.81. The van der Waals surface area contributed by atoms with Crippen molar-refractivity contribution in [1.29, 1.82) is 0 Å². The highest BCUT2D eigenvalue weighted by Gasteiger charge is 2.64. The third-order valence-corrected chi connectivity index (χ3v) is 15.9. The van der Waals surface area contributed by atoms with Crippen LogP contribution in [0.1, 0.15) is 125 Å². The molecular weight excluding hydrogens is 771 g/mol. The van der Waals surface area contributed by atoms with Crippen LogP contribution < -0.4 is 5.32 Å². The molecule has 60 heavy (non-hydrogen) atoms. The zero-order valence-corrected chi connectivity index (χ0v) is 36.6. The van der Waals surface area contributed by atoms with Gasteiger partial charge in [-0.3, -0.25) is 10.1 Å². The molecule has 9 heterocycles. The second-order valence-electron chi connectivity index (χ2n) is 20.9. The fraction of sp³-hybridized carbons (Fsp3) is 0.851. The molecule has 0 radical (unpaired) electrons. The fourth-order valence-electron chi connectivity index (χ4n) is 12.9. The quantitative estimate of drug-likeness (QED) is 0.193. The Morgan fingerprint density at radius 2 is 1.67 bits per heavy atom. The number of carboxylic acids is 1. The predicted molar refractivity (Wildman–Crippen MR) is 219 cm³/mol. The molecule has 0 aromatic carbocycles. The van der Waals surface area contributed by atoms with Crippen LogP contribution >= 0.6 is 0 Å². The number of aliphatic hydroxyl groups excluding tert-OH is 1. The number of fused-ring (bicyclic) bond motifs is 5. The summed E-state index contributed by atoms with van der Waals surface area (Å²) in [5.74, 6) is -4.29. The van der Waals surface area contributed by atoms with Gasteiger partial charge >= 0.3 is 5.97 Å². The Morgan fingerprint density at radius 1 is 0.867 bits per heavy atom. The summed E-state index contributed by atoms with van der Waals surface area (Å²) >= 11 is 0. The Hall–Kier alpha value is -1.75. The highest BCUT2D eigenvalue weighted by molar-refractivity contribution is 5.66. The standard InChI is InChI=1S/C47H71NO12/c1-26-18-36-41-38(24-45(58-41)30(5)17-27(2)25-48-45)56-44(22-26,55-36)23-29(4)40-28(3)19-32(7)47(52,59-40)42(51)37-21-35-34(53-37)20-31(6)46(57-35)16-15-43(60-46)14-10-12-33(54-43)11-8-9-13-39(49)50/h8,10-12,26-28,30-38,40-42,48,51-52H,4,9,13-25H2,1-3,5-7H3,(H,49,50)/b11-8+/t26-,27+,28-,30-,31-,32+,33-,34-,35-,36-,37+,38+,40-,41+,42-,43+,44-,45-,46-,47+/m0/s1. The van der Waals surface area contributed by atoms with Crippen molar-refractivity contribution in [1.82, 2.24) is 5.32 Å². The van der Waals surface area contributed by atoms with Gasteiger partial charge in [0.2, 0.25) is 0 Å². The summed E-state index contributed by atoms with van der Waals surface area (Å²) < 4.78 is 54.2. The fourth-order valence-corrected chi connectivity index (χ4v) is 12.9. The maximum atomic E-state index is 12.4. The number of aliphatic carboxylic acids is 1. The first-order chi connectivity index (χ1) is 28.4. The van der Waals surface area contributed by atoms with Crippen molar-refractivity contribution in [3.8, 4) is 0 Å². The number of rotatable bonds is 9. The molecule has 2 bridgehead atoms. The Balaban J connectivity index is 0.845. The van der Waals surface area contributed by atoms with Crippen LogP contribution in [0.2, 0.25) is 0 Å². The minimum atomic E-state index is -1.88. The molecule has 0 unspecified atom stereocenters. The first kappa shape index (κ1) is 43.5. The molecule has 0 aromatic heterocycles. The molecule has 8 saturated heterocycles. The normalized spacial score (nSPS) is 52.9. The summed E-state index contributed by atoms with van der Waals surface area (Å²) in [5.41, 5.74) is 0.391. The Bertz CT molecular complexity index is 1690. The number of hydrogen-bond acceptors (Lipinski definition) is 12. The van der Waals surface area contributed by atoms with Crippen molar-refractivity contribution in [3.05, 3.63) is 36.5 Å². The maximum absolute atomic E-state index is 12.4.